The molecule has 0 atom stereocenters. The van der Waals surface area contributed by atoms with Gasteiger partial charge in [0.05, 0.1) is 27.8 Å². The molecular weight excluding hydrogens is 413 g/mol. The Morgan fingerprint density at radius 1 is 1.21 bits per heavy atom. The van der Waals surface area contributed by atoms with Crippen LogP contribution in [0.2, 0.25) is 5.02 Å². The van der Waals surface area contributed by atoms with Crippen molar-refractivity contribution < 1.29 is 22.7 Å². The first-order valence-corrected chi connectivity index (χ1v) is 9.41. The number of hydrogen-bond acceptors (Lipinski definition) is 4. The molecular formula is C19H12ClF3N2O2S. The van der Waals surface area contributed by atoms with E-state index >= 15 is 0 Å². The molecule has 0 aliphatic carbocycles. The fourth-order valence-corrected chi connectivity index (χ4v) is 3.87. The molecule has 1 N–H and O–H groups in total. The van der Waals surface area contributed by atoms with E-state index in [4.69, 9.17) is 16.3 Å². The summed E-state index contributed by atoms with van der Waals surface area (Å²) in [5.74, 6) is 0.522. The minimum atomic E-state index is -4.48. The minimum Gasteiger partial charge on any atom is -0.493 e. The summed E-state index contributed by atoms with van der Waals surface area (Å²) in [7, 11) is 0. The van der Waals surface area contributed by atoms with Crippen LogP contribution in [-0.2, 0) is 17.4 Å². The van der Waals surface area contributed by atoms with E-state index in [1.54, 1.807) is 6.08 Å². The average molecular weight is 425 g/mol. The number of nitrogens with zero attached hydrogens (tertiary/aromatic N) is 1. The van der Waals surface area contributed by atoms with E-state index in [-0.39, 0.29) is 21.8 Å². The molecule has 4 nitrogen and oxygen atoms in total. The maximum Gasteiger partial charge on any atom is 0.416 e. The fourth-order valence-electron chi connectivity index (χ4n) is 2.81. The molecule has 0 spiro atoms. The van der Waals surface area contributed by atoms with Crippen LogP contribution in [0, 0.1) is 0 Å². The normalized spacial score (nSPS) is 19.1. The zero-order valence-corrected chi connectivity index (χ0v) is 15.7. The van der Waals surface area contributed by atoms with Gasteiger partial charge in [-0.25, -0.2) is 4.99 Å². The number of carbonyl (C=O) groups is 1. The van der Waals surface area contributed by atoms with Crippen LogP contribution >= 0.6 is 23.4 Å². The Morgan fingerprint density at radius 2 is 2.04 bits per heavy atom. The third-order valence-electron chi connectivity index (χ3n) is 4.16. The van der Waals surface area contributed by atoms with Gasteiger partial charge in [-0.2, -0.15) is 13.2 Å². The number of benzene rings is 2. The number of nitrogens with one attached hydrogen (secondary N) is 1. The molecule has 0 radical (unpaired) electrons. The Bertz CT molecular complexity index is 1030. The standard InChI is InChI=1S/C19H12ClF3N2O2S/c20-13-9-12(19(21,22)23)2-3-14(13)24-18-25-17(26)16(28-18)8-10-1-4-15-11(7-10)5-6-27-15/h1-4,7-9H,5-6H2,(H,24,25,26)/b16-8+. The molecule has 2 aromatic carbocycles. The highest BCUT2D eigenvalue weighted by atomic mass is 35.5. The van der Waals surface area contributed by atoms with Crippen LogP contribution in [0.5, 0.6) is 5.75 Å². The van der Waals surface area contributed by atoms with Crippen LogP contribution in [0.1, 0.15) is 16.7 Å². The lowest BCUT2D eigenvalue weighted by molar-refractivity contribution is -0.137. The zero-order chi connectivity index (χ0) is 19.9. The van der Waals surface area contributed by atoms with E-state index in [2.05, 4.69) is 10.3 Å². The van der Waals surface area contributed by atoms with Crippen molar-refractivity contribution in [1.29, 1.82) is 0 Å². The van der Waals surface area contributed by atoms with Gasteiger partial charge in [0.1, 0.15) is 5.75 Å². The largest absolute Gasteiger partial charge is 0.493 e. The highest BCUT2D eigenvalue weighted by Crippen LogP contribution is 2.36. The van der Waals surface area contributed by atoms with E-state index in [0.29, 0.717) is 11.5 Å². The van der Waals surface area contributed by atoms with Crippen LogP contribution in [0.4, 0.5) is 18.9 Å². The summed E-state index contributed by atoms with van der Waals surface area (Å²) >= 11 is 7.01. The van der Waals surface area contributed by atoms with Gasteiger partial charge in [0.25, 0.3) is 5.91 Å². The van der Waals surface area contributed by atoms with Gasteiger partial charge in [-0.15, -0.1) is 0 Å². The van der Waals surface area contributed by atoms with Crippen molar-refractivity contribution in [3.8, 4) is 5.75 Å². The number of amidine groups is 1. The van der Waals surface area contributed by atoms with Crippen molar-refractivity contribution in [3.05, 3.63) is 63.0 Å². The summed E-state index contributed by atoms with van der Waals surface area (Å²) in [6, 6.07) is 8.57. The SMILES string of the molecule is O=C1NC(=Nc2ccc(C(F)(F)F)cc2Cl)S/C1=C/c1ccc2c(c1)CCO2. The van der Waals surface area contributed by atoms with Crippen molar-refractivity contribution in [2.45, 2.75) is 12.6 Å². The number of ether oxygens (including phenoxy) is 1. The van der Waals surface area contributed by atoms with Gasteiger partial charge in [-0.05, 0) is 59.3 Å². The number of halogens is 4. The van der Waals surface area contributed by atoms with Crippen LogP contribution in [-0.4, -0.2) is 17.7 Å². The number of rotatable bonds is 2. The lowest BCUT2D eigenvalue weighted by Crippen LogP contribution is -2.19. The molecule has 2 aliphatic rings. The van der Waals surface area contributed by atoms with Gasteiger partial charge in [-0.1, -0.05) is 17.7 Å². The van der Waals surface area contributed by atoms with Crippen molar-refractivity contribution in [2.24, 2.45) is 4.99 Å². The Morgan fingerprint density at radius 3 is 2.79 bits per heavy atom. The van der Waals surface area contributed by atoms with Crippen LogP contribution < -0.4 is 10.1 Å². The average Bonchev–Trinajstić information content (AvgIpc) is 3.22. The van der Waals surface area contributed by atoms with Gasteiger partial charge in [0, 0.05) is 6.42 Å². The maximum absolute atomic E-state index is 12.7. The van der Waals surface area contributed by atoms with Crippen LogP contribution in [0.15, 0.2) is 46.3 Å². The Kier molecular flexibility index (Phi) is 4.84. The van der Waals surface area contributed by atoms with Gasteiger partial charge < -0.3 is 10.1 Å². The van der Waals surface area contributed by atoms with E-state index < -0.39 is 11.7 Å². The second-order valence-electron chi connectivity index (χ2n) is 6.11. The van der Waals surface area contributed by atoms with E-state index in [0.717, 1.165) is 47.2 Å². The molecule has 1 amide bonds. The minimum absolute atomic E-state index is 0.145. The van der Waals surface area contributed by atoms with Gasteiger partial charge in [0.2, 0.25) is 0 Å². The van der Waals surface area contributed by atoms with E-state index in [9.17, 15) is 18.0 Å². The third kappa shape index (κ3) is 3.88. The zero-order valence-electron chi connectivity index (χ0n) is 14.1. The first-order chi connectivity index (χ1) is 13.3. The van der Waals surface area contributed by atoms with E-state index in [1.807, 2.05) is 18.2 Å². The topological polar surface area (TPSA) is 50.7 Å². The molecule has 0 bridgehead atoms. The van der Waals surface area contributed by atoms with Gasteiger partial charge >= 0.3 is 6.18 Å². The second-order valence-corrected chi connectivity index (χ2v) is 7.55. The highest BCUT2D eigenvalue weighted by molar-refractivity contribution is 8.18. The molecule has 2 aromatic rings. The number of aliphatic imine (C=N–C) groups is 1. The molecule has 0 saturated carbocycles. The van der Waals surface area contributed by atoms with Crippen LogP contribution in [0.3, 0.4) is 0 Å². The summed E-state index contributed by atoms with van der Waals surface area (Å²) in [6.45, 7) is 0.648. The fraction of sp³-hybridized carbons (Fsp3) is 0.158. The molecule has 2 heterocycles. The predicted octanol–water partition coefficient (Wildman–Crippen LogP) is 5.19. The summed E-state index contributed by atoms with van der Waals surface area (Å²) in [5, 5.41) is 2.70. The Balaban J connectivity index is 1.56. The number of alkyl halides is 3. The quantitative estimate of drug-likeness (QED) is 0.675. The maximum atomic E-state index is 12.7. The van der Waals surface area contributed by atoms with Crippen molar-refractivity contribution >= 4 is 46.2 Å². The number of fused-ring (bicyclic) bond motifs is 1. The van der Waals surface area contributed by atoms with Crippen molar-refractivity contribution in [3.63, 3.8) is 0 Å². The molecule has 1 saturated heterocycles. The molecule has 2 aliphatic heterocycles. The number of thioether (sulfide) groups is 1. The van der Waals surface area contributed by atoms with Crippen LogP contribution in [0.25, 0.3) is 6.08 Å². The first kappa shape index (κ1) is 18.9. The third-order valence-corrected chi connectivity index (χ3v) is 5.37. The molecule has 144 valence electrons. The molecule has 0 unspecified atom stereocenters. The first-order valence-electron chi connectivity index (χ1n) is 8.22. The molecule has 4 rings (SSSR count). The molecule has 0 aromatic heterocycles. The molecule has 1 fully saturated rings. The lowest BCUT2D eigenvalue weighted by atomic mass is 10.1. The summed E-state index contributed by atoms with van der Waals surface area (Å²) in [5.41, 5.74) is 1.23. The monoisotopic (exact) mass is 424 g/mol. The summed E-state index contributed by atoms with van der Waals surface area (Å²) in [4.78, 5) is 16.8. The lowest BCUT2D eigenvalue weighted by Gasteiger charge is -2.07. The molecule has 28 heavy (non-hydrogen) atoms. The second kappa shape index (κ2) is 7.18. The van der Waals surface area contributed by atoms with Crippen molar-refractivity contribution in [1.82, 2.24) is 5.32 Å². The number of amides is 1. The molecule has 9 heteroatoms. The van der Waals surface area contributed by atoms with Gasteiger partial charge in [-0.3, -0.25) is 4.79 Å². The van der Waals surface area contributed by atoms with E-state index in [1.165, 1.54) is 6.07 Å². The summed E-state index contributed by atoms with van der Waals surface area (Å²) < 4.78 is 43.6. The predicted molar refractivity (Wildman–Crippen MR) is 103 cm³/mol. The number of hydrogen-bond donors (Lipinski definition) is 1. The summed E-state index contributed by atoms with van der Waals surface area (Å²) in [6.07, 6.45) is -1.93. The van der Waals surface area contributed by atoms with Crippen molar-refractivity contribution in [2.75, 3.05) is 6.61 Å². The van der Waals surface area contributed by atoms with Gasteiger partial charge in [0.15, 0.2) is 5.17 Å². The number of carbonyl (C=O) groups excluding carboxylic acids is 1. The smallest absolute Gasteiger partial charge is 0.416 e. The Hall–Kier alpha value is -2.45. The Labute approximate surface area is 167 Å². The highest BCUT2D eigenvalue weighted by Gasteiger charge is 2.31.